The molecule has 20 heavy (non-hydrogen) atoms. The third-order valence-electron chi connectivity index (χ3n) is 3.57. The Morgan fingerprint density at radius 3 is 2.65 bits per heavy atom. The number of hydrogen-bond donors (Lipinski definition) is 0. The molecule has 0 unspecified atom stereocenters. The zero-order chi connectivity index (χ0) is 14.1. The van der Waals surface area contributed by atoms with Crippen LogP contribution in [0.15, 0.2) is 48.5 Å². The Morgan fingerprint density at radius 2 is 1.90 bits per heavy atom. The van der Waals surface area contributed by atoms with Crippen molar-refractivity contribution in [2.24, 2.45) is 7.05 Å². The minimum atomic E-state index is 0.508. The van der Waals surface area contributed by atoms with Crippen LogP contribution in [0.3, 0.4) is 0 Å². The molecule has 0 amide bonds. The highest BCUT2D eigenvalue weighted by molar-refractivity contribution is 6.32. The summed E-state index contributed by atoms with van der Waals surface area (Å²) in [6.07, 6.45) is 0. The van der Waals surface area contributed by atoms with Gasteiger partial charge in [-0.15, -0.1) is 0 Å². The molecule has 1 heterocycles. The van der Waals surface area contributed by atoms with Gasteiger partial charge in [0, 0.05) is 12.4 Å². The second kappa shape index (κ2) is 5.22. The van der Waals surface area contributed by atoms with E-state index >= 15 is 0 Å². The molecule has 0 saturated carbocycles. The molecule has 0 N–H and O–H groups in total. The van der Waals surface area contributed by atoms with E-state index in [4.69, 9.17) is 16.3 Å². The Bertz CT molecular complexity index is 761. The van der Waals surface area contributed by atoms with Crippen LogP contribution in [0.2, 0.25) is 5.02 Å². The number of ether oxygens (including phenoxy) is 1. The maximum absolute atomic E-state index is 6.10. The Kier molecular flexibility index (Phi) is 3.41. The molecule has 2 nitrogen and oxygen atoms in total. The van der Waals surface area contributed by atoms with Crippen LogP contribution in [0, 0.1) is 6.92 Å². The van der Waals surface area contributed by atoms with Gasteiger partial charge in [0.25, 0.3) is 0 Å². The van der Waals surface area contributed by atoms with E-state index in [1.54, 1.807) is 0 Å². The first-order valence-electron chi connectivity index (χ1n) is 6.58. The number of halogens is 1. The summed E-state index contributed by atoms with van der Waals surface area (Å²) < 4.78 is 8.00. The van der Waals surface area contributed by atoms with E-state index in [0.717, 1.165) is 11.4 Å². The van der Waals surface area contributed by atoms with Crippen molar-refractivity contribution in [2.75, 3.05) is 0 Å². The molecule has 102 valence electrons. The smallest absolute Gasteiger partial charge is 0.138 e. The zero-order valence-corrected chi connectivity index (χ0v) is 12.3. The fourth-order valence-corrected chi connectivity index (χ4v) is 2.72. The van der Waals surface area contributed by atoms with Gasteiger partial charge < -0.3 is 9.30 Å². The van der Waals surface area contributed by atoms with E-state index < -0.39 is 0 Å². The Hall–Kier alpha value is -1.93. The molecule has 0 saturated heterocycles. The Balaban J connectivity index is 1.90. The first-order valence-corrected chi connectivity index (χ1v) is 6.96. The summed E-state index contributed by atoms with van der Waals surface area (Å²) in [5, 5.41) is 1.88. The summed E-state index contributed by atoms with van der Waals surface area (Å²) in [4.78, 5) is 0. The number of rotatable bonds is 3. The highest BCUT2D eigenvalue weighted by Gasteiger charge is 2.09. The van der Waals surface area contributed by atoms with Crippen molar-refractivity contribution < 1.29 is 4.74 Å². The first kappa shape index (κ1) is 13.1. The summed E-state index contributed by atoms with van der Waals surface area (Å²) in [5.74, 6) is 0.719. The summed E-state index contributed by atoms with van der Waals surface area (Å²) in [6, 6.07) is 16.0. The summed E-state index contributed by atoms with van der Waals surface area (Å²) in [6.45, 7) is 2.63. The van der Waals surface area contributed by atoms with Crippen LogP contribution < -0.4 is 4.74 Å². The van der Waals surface area contributed by atoms with Crippen molar-refractivity contribution in [3.05, 3.63) is 64.8 Å². The van der Waals surface area contributed by atoms with Crippen molar-refractivity contribution in [1.82, 2.24) is 4.57 Å². The average Bonchev–Trinajstić information content (AvgIpc) is 2.76. The van der Waals surface area contributed by atoms with Crippen LogP contribution in [0.4, 0.5) is 0 Å². The van der Waals surface area contributed by atoms with E-state index in [2.05, 4.69) is 42.8 Å². The van der Waals surface area contributed by atoms with Gasteiger partial charge in [-0.1, -0.05) is 41.9 Å². The quantitative estimate of drug-likeness (QED) is 0.679. The van der Waals surface area contributed by atoms with Crippen molar-refractivity contribution >= 4 is 22.5 Å². The van der Waals surface area contributed by atoms with Crippen LogP contribution in [-0.4, -0.2) is 4.57 Å². The summed E-state index contributed by atoms with van der Waals surface area (Å²) in [7, 11) is 2.07. The lowest BCUT2D eigenvalue weighted by atomic mass is 10.2. The molecule has 0 aliphatic rings. The minimum Gasteiger partial charge on any atom is -0.486 e. The largest absolute Gasteiger partial charge is 0.486 e. The predicted octanol–water partition coefficient (Wildman–Crippen LogP) is 4.72. The number of nitrogens with zero attached hydrogens (tertiary/aromatic N) is 1. The van der Waals surface area contributed by atoms with E-state index in [1.165, 1.54) is 16.5 Å². The van der Waals surface area contributed by atoms with Gasteiger partial charge in [0.05, 0.1) is 16.2 Å². The molecule has 2 aromatic carbocycles. The lowest BCUT2D eigenvalue weighted by Gasteiger charge is -2.09. The average molecular weight is 286 g/mol. The van der Waals surface area contributed by atoms with Gasteiger partial charge in [0.15, 0.2) is 0 Å². The second-order valence-corrected chi connectivity index (χ2v) is 5.33. The van der Waals surface area contributed by atoms with Gasteiger partial charge in [0.2, 0.25) is 0 Å². The van der Waals surface area contributed by atoms with Crippen LogP contribution in [0.5, 0.6) is 5.75 Å². The van der Waals surface area contributed by atoms with Gasteiger partial charge in [-0.3, -0.25) is 0 Å². The number of para-hydroxylation sites is 2. The minimum absolute atomic E-state index is 0.508. The molecule has 0 aliphatic carbocycles. The molecular weight excluding hydrogens is 270 g/mol. The summed E-state index contributed by atoms with van der Waals surface area (Å²) in [5.41, 5.74) is 3.66. The molecule has 0 spiro atoms. The van der Waals surface area contributed by atoms with E-state index in [0.29, 0.717) is 11.6 Å². The highest BCUT2D eigenvalue weighted by Crippen LogP contribution is 2.26. The Morgan fingerprint density at radius 1 is 1.10 bits per heavy atom. The fraction of sp³-hybridized carbons (Fsp3) is 0.176. The molecule has 3 rings (SSSR count). The maximum atomic E-state index is 6.10. The number of fused-ring (bicyclic) bond motifs is 1. The van der Waals surface area contributed by atoms with E-state index in [9.17, 15) is 0 Å². The van der Waals surface area contributed by atoms with E-state index in [-0.39, 0.29) is 0 Å². The molecule has 0 radical (unpaired) electrons. The number of benzene rings is 2. The molecule has 3 aromatic rings. The molecule has 0 bridgehead atoms. The van der Waals surface area contributed by atoms with Gasteiger partial charge in [-0.05, 0) is 30.7 Å². The molecule has 0 fully saturated rings. The third kappa shape index (κ3) is 2.27. The van der Waals surface area contributed by atoms with Gasteiger partial charge in [-0.2, -0.15) is 0 Å². The lowest BCUT2D eigenvalue weighted by molar-refractivity contribution is 0.298. The third-order valence-corrected chi connectivity index (χ3v) is 3.88. The lowest BCUT2D eigenvalue weighted by Crippen LogP contribution is -2.02. The van der Waals surface area contributed by atoms with Crippen molar-refractivity contribution in [3.8, 4) is 5.75 Å². The van der Waals surface area contributed by atoms with Crippen molar-refractivity contribution in [1.29, 1.82) is 0 Å². The van der Waals surface area contributed by atoms with Crippen molar-refractivity contribution in [2.45, 2.75) is 13.5 Å². The van der Waals surface area contributed by atoms with Gasteiger partial charge >= 0.3 is 0 Å². The van der Waals surface area contributed by atoms with E-state index in [1.807, 2.05) is 24.3 Å². The topological polar surface area (TPSA) is 14.2 Å². The second-order valence-electron chi connectivity index (χ2n) is 4.93. The van der Waals surface area contributed by atoms with Crippen LogP contribution in [0.1, 0.15) is 11.3 Å². The first-order chi connectivity index (χ1) is 9.66. The standard InChI is InChI=1S/C17H16ClNO/c1-12-6-5-7-13-10-14(19(2)17(12)13)11-20-16-9-4-3-8-15(16)18/h3-10H,11H2,1-2H3. The highest BCUT2D eigenvalue weighted by atomic mass is 35.5. The molecular formula is C17H16ClNO. The van der Waals surface area contributed by atoms with Crippen LogP contribution in [-0.2, 0) is 13.7 Å². The van der Waals surface area contributed by atoms with Crippen LogP contribution in [0.25, 0.3) is 10.9 Å². The zero-order valence-electron chi connectivity index (χ0n) is 11.6. The SMILES string of the molecule is Cc1cccc2cc(COc3ccccc3Cl)n(C)c12. The van der Waals surface area contributed by atoms with Gasteiger partial charge in [0.1, 0.15) is 12.4 Å². The summed E-state index contributed by atoms with van der Waals surface area (Å²) >= 11 is 6.10. The number of hydrogen-bond acceptors (Lipinski definition) is 1. The molecule has 1 aromatic heterocycles. The monoisotopic (exact) mass is 285 g/mol. The fourth-order valence-electron chi connectivity index (χ4n) is 2.53. The van der Waals surface area contributed by atoms with Gasteiger partial charge in [-0.25, -0.2) is 0 Å². The number of aromatic nitrogens is 1. The Labute approximate surface area is 123 Å². The molecule has 3 heteroatoms. The molecule has 0 atom stereocenters. The van der Waals surface area contributed by atoms with Crippen molar-refractivity contribution in [3.63, 3.8) is 0 Å². The molecule has 0 aliphatic heterocycles. The van der Waals surface area contributed by atoms with Crippen LogP contribution >= 0.6 is 11.6 Å². The normalized spacial score (nSPS) is 10.9. The predicted molar refractivity (Wildman–Crippen MR) is 83.4 cm³/mol. The maximum Gasteiger partial charge on any atom is 0.138 e. The number of aryl methyl sites for hydroxylation is 2.